The molecule has 4 saturated heterocycles. The molecule has 4 amide bonds. The average Bonchev–Trinajstić information content (AvgIpc) is 0.848. The van der Waals surface area contributed by atoms with Crippen LogP contribution in [0, 0.1) is 29.6 Å². The van der Waals surface area contributed by atoms with Gasteiger partial charge >= 0.3 is 11.9 Å². The van der Waals surface area contributed by atoms with Crippen LogP contribution < -0.4 is 30.2 Å². The zero-order valence-electron chi connectivity index (χ0n) is 57.4. The van der Waals surface area contributed by atoms with E-state index in [1.165, 1.54) is 34.6 Å². The minimum absolute atomic E-state index is 0.0154. The van der Waals surface area contributed by atoms with E-state index in [9.17, 15) is 28.8 Å². The highest BCUT2D eigenvalue weighted by Crippen LogP contribution is 2.40. The molecule has 15 atom stereocenters. The zero-order valence-corrected chi connectivity index (χ0v) is 57.4. The van der Waals surface area contributed by atoms with E-state index in [1.54, 1.807) is 12.1 Å². The van der Waals surface area contributed by atoms with Crippen LogP contribution in [0.5, 0.6) is 17.2 Å². The molecule has 4 fully saturated rings. The number of benzene rings is 1. The fourth-order valence-corrected chi connectivity index (χ4v) is 11.9. The van der Waals surface area contributed by atoms with Crippen LogP contribution in [0.4, 0.5) is 0 Å². The van der Waals surface area contributed by atoms with Crippen molar-refractivity contribution < 1.29 is 109 Å². The molecule has 4 aliphatic rings. The number of ether oxygens (including phenoxy) is 17. The highest BCUT2D eigenvalue weighted by Gasteiger charge is 2.48. The Balaban J connectivity index is 1.16. The van der Waals surface area contributed by atoms with Crippen molar-refractivity contribution in [3.63, 3.8) is 0 Å². The van der Waals surface area contributed by atoms with Gasteiger partial charge in [-0.15, -0.1) is 0 Å². The molecule has 5 rings (SSSR count). The van der Waals surface area contributed by atoms with E-state index in [0.29, 0.717) is 37.4 Å². The summed E-state index contributed by atoms with van der Waals surface area (Å²) < 4.78 is 102. The zero-order chi connectivity index (χ0) is 67.8. The largest absolute Gasteiger partial charge is 0.487 e. The van der Waals surface area contributed by atoms with Crippen LogP contribution in [0.1, 0.15) is 132 Å². The Morgan fingerprint density at radius 2 is 0.753 bits per heavy atom. The first-order chi connectivity index (χ1) is 44.7. The molecule has 0 bridgehead atoms. The molecular formula is C66H110N4O23. The minimum atomic E-state index is -0.868. The Bertz CT molecular complexity index is 2380. The summed E-state index contributed by atoms with van der Waals surface area (Å²) >= 11 is 0. The maximum Gasteiger partial charge on any atom is 0.302 e. The molecule has 4 heterocycles. The summed E-state index contributed by atoms with van der Waals surface area (Å²) in [7, 11) is 0. The van der Waals surface area contributed by atoms with Gasteiger partial charge in [0.15, 0.2) is 30.4 Å². The van der Waals surface area contributed by atoms with Crippen LogP contribution in [0.3, 0.4) is 0 Å². The maximum absolute atomic E-state index is 14.2. The average molecular weight is 1330 g/mol. The molecule has 0 unspecified atom stereocenters. The number of likely N-dealkylation sites (tertiary alicyclic amines) is 1. The molecule has 27 heteroatoms. The molecule has 0 aliphatic carbocycles. The predicted octanol–water partition coefficient (Wildman–Crippen LogP) is 5.17. The fraction of sp³-hybridized carbons (Fsp3) is 0.818. The van der Waals surface area contributed by atoms with Crippen molar-refractivity contribution in [2.24, 2.45) is 29.6 Å². The second-order valence-electron chi connectivity index (χ2n) is 24.2. The predicted molar refractivity (Wildman–Crippen MR) is 337 cm³/mol. The van der Waals surface area contributed by atoms with Gasteiger partial charge in [0.2, 0.25) is 23.5 Å². The van der Waals surface area contributed by atoms with Gasteiger partial charge in [-0.1, -0.05) is 55.4 Å². The van der Waals surface area contributed by atoms with Crippen molar-refractivity contribution in [2.75, 3.05) is 132 Å². The molecule has 93 heavy (non-hydrogen) atoms. The first kappa shape index (κ1) is 78.7. The maximum atomic E-state index is 14.2. The van der Waals surface area contributed by atoms with Crippen LogP contribution >= 0.6 is 0 Å². The van der Waals surface area contributed by atoms with Gasteiger partial charge in [0.1, 0.15) is 44.1 Å². The molecule has 1 aromatic rings. The van der Waals surface area contributed by atoms with Crippen LogP contribution in [0.15, 0.2) is 12.1 Å². The summed E-state index contributed by atoms with van der Waals surface area (Å²) in [6.07, 6.45) is -0.225. The Morgan fingerprint density at radius 1 is 0.430 bits per heavy atom. The number of nitrogens with one attached hydrogen (secondary N) is 3. The summed E-state index contributed by atoms with van der Waals surface area (Å²) in [5.41, 5.74) is 0.358. The Labute approximate surface area is 550 Å². The van der Waals surface area contributed by atoms with Crippen molar-refractivity contribution in [2.45, 2.75) is 190 Å². The van der Waals surface area contributed by atoms with Gasteiger partial charge in [-0.25, -0.2) is 0 Å². The first-order valence-corrected chi connectivity index (χ1v) is 33.5. The Hall–Kier alpha value is -5.04. The van der Waals surface area contributed by atoms with E-state index in [1.807, 2.05) is 32.6 Å². The van der Waals surface area contributed by atoms with Crippen molar-refractivity contribution >= 4 is 35.6 Å². The Morgan fingerprint density at radius 3 is 1.11 bits per heavy atom. The normalized spacial score (nSPS) is 27.4. The number of piperidine rings is 1. The second-order valence-corrected chi connectivity index (χ2v) is 24.2. The molecule has 27 nitrogen and oxygen atoms in total. The van der Waals surface area contributed by atoms with Gasteiger partial charge in [-0.3, -0.25) is 28.8 Å². The summed E-state index contributed by atoms with van der Waals surface area (Å²) in [6.45, 7) is 27.7. The van der Waals surface area contributed by atoms with Gasteiger partial charge in [-0.05, 0) is 62.0 Å². The molecule has 0 aromatic heterocycles. The highest BCUT2D eigenvalue weighted by atomic mass is 16.7. The number of rotatable bonds is 42. The first-order valence-electron chi connectivity index (χ1n) is 33.5. The number of esters is 2. The molecule has 532 valence electrons. The van der Waals surface area contributed by atoms with Crippen LogP contribution in [-0.4, -0.2) is 240 Å². The lowest BCUT2D eigenvalue weighted by atomic mass is 9.81. The van der Waals surface area contributed by atoms with Crippen molar-refractivity contribution in [1.29, 1.82) is 0 Å². The van der Waals surface area contributed by atoms with E-state index in [2.05, 4.69) is 43.6 Å². The van der Waals surface area contributed by atoms with Crippen LogP contribution in [0.25, 0.3) is 0 Å². The second kappa shape index (κ2) is 42.5. The lowest BCUT2D eigenvalue weighted by Crippen LogP contribution is -2.62. The number of carbonyl (C=O) groups is 6. The molecule has 0 saturated carbocycles. The number of hydrogen-bond donors (Lipinski definition) is 3. The van der Waals surface area contributed by atoms with Crippen molar-refractivity contribution in [3.8, 4) is 17.2 Å². The van der Waals surface area contributed by atoms with E-state index in [-0.39, 0.29) is 208 Å². The third kappa shape index (κ3) is 26.5. The molecule has 3 N–H and O–H groups in total. The summed E-state index contributed by atoms with van der Waals surface area (Å²) in [4.78, 5) is 76.5. The SMILES string of the molecule is CC[C@H]1O[C@@H](OCCOCCOCCOc2cc(C(=O)N3CCC(C)CC3)cc(OCCOCCOCCO[C@@H]3O[C@H](CC)[C@H](C)[C@H](OC(C)=O)[C@H]3NC(C)=O)c2OCCOCCOCCO[C@@H]2O[C@H](CC)[C@H](C)[C@H](OC(C)=O)[C@H]2NC(C)=O)[C@H](NC(C)=O)[C@@H](C)[C@H]1C. The van der Waals surface area contributed by atoms with E-state index in [4.69, 9.17) is 80.5 Å². The van der Waals surface area contributed by atoms with E-state index < -0.39 is 55.1 Å². The highest BCUT2D eigenvalue weighted by molar-refractivity contribution is 5.95. The molecule has 1 aromatic carbocycles. The standard InChI is InChI=1S/C66H110N4O23/c1-14-52-42(5)43(6)57(67-46(9)71)64(91-52)86-36-30-80-24-21-77-27-33-83-55-39-51(63(76)70-19-17-41(4)18-20-70)40-56(84-34-28-78-22-25-81-31-37-87-65-58(68-47(10)72)60(89-49(12)74)44(7)53(15-2)92-65)62(55)85-35-29-79-23-26-82-32-38-88-66-59(69-48(11)73)61(90-50(13)75)45(8)54(16-3)93-66/h39-45,52-54,57-61,64-66H,14-38H2,1-13H3,(H,67,71)(H,68,72)(H,69,73)/t42-,43+,44+,45+,52-,53-,54-,57-,58-,59-,60+,61+,64-,65-,66-/m1/s1. The van der Waals surface area contributed by atoms with Gasteiger partial charge in [0.05, 0.1) is 123 Å². The fourth-order valence-electron chi connectivity index (χ4n) is 11.9. The quantitative estimate of drug-likeness (QED) is 0.0562. The smallest absolute Gasteiger partial charge is 0.302 e. The molecule has 0 radical (unpaired) electrons. The lowest BCUT2D eigenvalue weighted by Gasteiger charge is -2.44. The van der Waals surface area contributed by atoms with Crippen molar-refractivity contribution in [1.82, 2.24) is 20.9 Å². The molecule has 0 spiro atoms. The summed E-state index contributed by atoms with van der Waals surface area (Å²) in [5.74, 6) is -0.551. The molecular weight excluding hydrogens is 1220 g/mol. The van der Waals surface area contributed by atoms with Gasteiger partial charge in [-0.2, -0.15) is 0 Å². The van der Waals surface area contributed by atoms with Crippen molar-refractivity contribution in [3.05, 3.63) is 17.7 Å². The monoisotopic (exact) mass is 1330 g/mol. The molecule has 4 aliphatic heterocycles. The lowest BCUT2D eigenvalue weighted by molar-refractivity contribution is -0.256. The number of hydrogen-bond acceptors (Lipinski definition) is 23. The van der Waals surface area contributed by atoms with E-state index in [0.717, 1.165) is 19.3 Å². The summed E-state index contributed by atoms with van der Waals surface area (Å²) in [6, 6.07) is 1.61. The summed E-state index contributed by atoms with van der Waals surface area (Å²) in [5, 5.41) is 8.69. The minimum Gasteiger partial charge on any atom is -0.487 e. The van der Waals surface area contributed by atoms with Crippen LogP contribution in [0.2, 0.25) is 0 Å². The number of carbonyl (C=O) groups excluding carboxylic acids is 6. The van der Waals surface area contributed by atoms with Gasteiger partial charge in [0.25, 0.3) is 5.91 Å². The third-order valence-corrected chi connectivity index (χ3v) is 17.1. The van der Waals surface area contributed by atoms with Gasteiger partial charge < -0.3 is 101 Å². The van der Waals surface area contributed by atoms with E-state index >= 15 is 0 Å². The number of nitrogens with zero attached hydrogens (tertiary/aromatic N) is 1. The number of amides is 4. The third-order valence-electron chi connectivity index (χ3n) is 17.1. The Kier molecular flexibility index (Phi) is 35.9. The van der Waals surface area contributed by atoms with Crippen LogP contribution in [-0.2, 0) is 90.3 Å². The van der Waals surface area contributed by atoms with Gasteiger partial charge in [0, 0.05) is 65.1 Å². The topological polar surface area (TPSA) is 299 Å².